The van der Waals surface area contributed by atoms with Gasteiger partial charge in [-0.1, -0.05) is 0 Å². The molecule has 11 heavy (non-hydrogen) atoms. The molecule has 0 aliphatic heterocycles. The van der Waals surface area contributed by atoms with E-state index in [0.29, 0.717) is 5.69 Å². The molecular weight excluding hydrogens is 162 g/mol. The van der Waals surface area contributed by atoms with Gasteiger partial charge in [0.2, 0.25) is 5.91 Å². The minimum absolute atomic E-state index is 0.194. The molecule has 0 spiro atoms. The maximum Gasteiger partial charge on any atom is 0.236 e. The van der Waals surface area contributed by atoms with Crippen LogP contribution in [0, 0.1) is 5.51 Å². The van der Waals surface area contributed by atoms with Crippen molar-refractivity contribution in [3.8, 4) is 0 Å². The Balaban J connectivity index is 2.43. The average molecular weight is 168 g/mol. The molecule has 0 bridgehead atoms. The summed E-state index contributed by atoms with van der Waals surface area (Å²) >= 11 is 1.36. The molecule has 1 aromatic rings. The van der Waals surface area contributed by atoms with Crippen molar-refractivity contribution in [3.05, 3.63) is 16.6 Å². The average Bonchev–Trinajstić information content (AvgIpc) is 2.39. The minimum Gasteiger partial charge on any atom is -0.274 e. The molecular formula is C6H6N3OS. The monoisotopic (exact) mass is 168 g/mol. The summed E-state index contributed by atoms with van der Waals surface area (Å²) in [6.45, 7) is 1.39. The molecule has 0 aliphatic carbocycles. The zero-order valence-corrected chi connectivity index (χ0v) is 6.68. The lowest BCUT2D eigenvalue weighted by Crippen LogP contribution is -2.12. The predicted molar refractivity (Wildman–Crippen MR) is 42.4 cm³/mol. The standard InChI is InChI=1S/C6H6N3OS/c1-5(10)9-8-2-6-3-11-4-7-6/h2-3H,1H3,(H,9,10)/b8-2+. The number of rotatable bonds is 2. The molecule has 0 aliphatic rings. The van der Waals surface area contributed by atoms with Gasteiger partial charge in [0, 0.05) is 12.3 Å². The van der Waals surface area contributed by atoms with Gasteiger partial charge in [-0.3, -0.25) is 4.79 Å². The molecule has 0 aromatic carbocycles. The van der Waals surface area contributed by atoms with Crippen molar-refractivity contribution in [2.24, 2.45) is 5.10 Å². The molecule has 4 nitrogen and oxygen atoms in total. The van der Waals surface area contributed by atoms with E-state index >= 15 is 0 Å². The Morgan fingerprint density at radius 3 is 3.36 bits per heavy atom. The maximum atomic E-state index is 10.3. The molecule has 1 heterocycles. The highest BCUT2D eigenvalue weighted by Gasteiger charge is 1.88. The number of nitrogens with zero attached hydrogens (tertiary/aromatic N) is 2. The summed E-state index contributed by atoms with van der Waals surface area (Å²) < 4.78 is 0. The topological polar surface area (TPSA) is 54.4 Å². The van der Waals surface area contributed by atoms with Crippen LogP contribution in [0.3, 0.4) is 0 Å². The minimum atomic E-state index is -0.194. The number of hydrazone groups is 1. The smallest absolute Gasteiger partial charge is 0.236 e. The molecule has 0 saturated heterocycles. The van der Waals surface area contributed by atoms with Crippen molar-refractivity contribution >= 4 is 23.5 Å². The van der Waals surface area contributed by atoms with Crippen LogP contribution in [-0.4, -0.2) is 17.1 Å². The maximum absolute atomic E-state index is 10.3. The lowest BCUT2D eigenvalue weighted by atomic mass is 10.6. The second-order valence-electron chi connectivity index (χ2n) is 1.79. The number of hydrogen-bond acceptors (Lipinski definition) is 4. The number of aromatic nitrogens is 1. The molecule has 57 valence electrons. The van der Waals surface area contributed by atoms with E-state index in [1.165, 1.54) is 24.5 Å². The summed E-state index contributed by atoms with van der Waals surface area (Å²) in [5.74, 6) is -0.194. The Morgan fingerprint density at radius 2 is 2.82 bits per heavy atom. The molecule has 0 atom stereocenters. The SMILES string of the molecule is CC(=O)N/N=C/c1cs[c]n1. The first-order valence-corrected chi connectivity index (χ1v) is 3.78. The predicted octanol–water partition coefficient (Wildman–Crippen LogP) is 0.413. The summed E-state index contributed by atoms with van der Waals surface area (Å²) in [4.78, 5) is 14.1. The van der Waals surface area contributed by atoms with Gasteiger partial charge in [0.25, 0.3) is 0 Å². The molecule has 0 saturated carbocycles. The van der Waals surface area contributed by atoms with Crippen LogP contribution >= 0.6 is 11.3 Å². The van der Waals surface area contributed by atoms with E-state index in [4.69, 9.17) is 0 Å². The summed E-state index contributed by atoms with van der Waals surface area (Å²) in [7, 11) is 0. The van der Waals surface area contributed by atoms with Crippen LogP contribution in [0.2, 0.25) is 0 Å². The first-order valence-electron chi connectivity index (χ1n) is 2.90. The van der Waals surface area contributed by atoms with E-state index in [1.54, 1.807) is 5.38 Å². The van der Waals surface area contributed by atoms with E-state index in [9.17, 15) is 4.79 Å². The van der Waals surface area contributed by atoms with Crippen LogP contribution in [0.15, 0.2) is 10.5 Å². The van der Waals surface area contributed by atoms with Crippen LogP contribution in [0.1, 0.15) is 12.6 Å². The Labute approximate surface area is 68.0 Å². The fraction of sp³-hybridized carbons (Fsp3) is 0.167. The first kappa shape index (κ1) is 7.87. The van der Waals surface area contributed by atoms with Gasteiger partial charge in [0.1, 0.15) is 0 Å². The van der Waals surface area contributed by atoms with Crippen molar-refractivity contribution < 1.29 is 4.79 Å². The molecule has 1 N–H and O–H groups in total. The van der Waals surface area contributed by atoms with Gasteiger partial charge >= 0.3 is 0 Å². The van der Waals surface area contributed by atoms with Gasteiger partial charge in [0.15, 0.2) is 5.51 Å². The lowest BCUT2D eigenvalue weighted by Gasteiger charge is -1.87. The second kappa shape index (κ2) is 3.82. The Hall–Kier alpha value is -1.23. The van der Waals surface area contributed by atoms with E-state index in [-0.39, 0.29) is 5.91 Å². The van der Waals surface area contributed by atoms with E-state index in [1.807, 2.05) is 0 Å². The molecule has 1 aromatic heterocycles. The Morgan fingerprint density at radius 1 is 2.00 bits per heavy atom. The van der Waals surface area contributed by atoms with Crippen LogP contribution in [0.4, 0.5) is 0 Å². The van der Waals surface area contributed by atoms with Crippen molar-refractivity contribution in [2.75, 3.05) is 0 Å². The number of carbonyl (C=O) groups excluding carboxylic acids is 1. The molecule has 1 rings (SSSR count). The van der Waals surface area contributed by atoms with Crippen molar-refractivity contribution in [2.45, 2.75) is 6.92 Å². The summed E-state index contributed by atoms with van der Waals surface area (Å²) in [6.07, 6.45) is 1.47. The second-order valence-corrected chi connectivity index (χ2v) is 2.44. The van der Waals surface area contributed by atoms with E-state index in [2.05, 4.69) is 21.0 Å². The highest BCUT2D eigenvalue weighted by Crippen LogP contribution is 1.95. The number of thiazole rings is 1. The van der Waals surface area contributed by atoms with Crippen LogP contribution in [-0.2, 0) is 4.79 Å². The molecule has 1 radical (unpaired) electrons. The molecule has 0 fully saturated rings. The lowest BCUT2D eigenvalue weighted by molar-refractivity contribution is -0.118. The first-order chi connectivity index (χ1) is 5.29. The van der Waals surface area contributed by atoms with E-state index in [0.717, 1.165) is 0 Å². The van der Waals surface area contributed by atoms with Gasteiger partial charge in [-0.25, -0.2) is 10.4 Å². The fourth-order valence-corrected chi connectivity index (χ4v) is 0.886. The van der Waals surface area contributed by atoms with Gasteiger partial charge in [-0.05, 0) is 0 Å². The highest BCUT2D eigenvalue weighted by atomic mass is 32.1. The molecule has 5 heteroatoms. The van der Waals surface area contributed by atoms with Crippen molar-refractivity contribution in [1.29, 1.82) is 0 Å². The third-order valence-electron chi connectivity index (χ3n) is 0.826. The van der Waals surface area contributed by atoms with Gasteiger partial charge in [-0.15, -0.1) is 11.3 Å². The number of carbonyl (C=O) groups is 1. The van der Waals surface area contributed by atoms with Gasteiger partial charge < -0.3 is 0 Å². The van der Waals surface area contributed by atoms with Crippen molar-refractivity contribution in [1.82, 2.24) is 10.4 Å². The van der Waals surface area contributed by atoms with Crippen molar-refractivity contribution in [3.63, 3.8) is 0 Å². The summed E-state index contributed by atoms with van der Waals surface area (Å²) in [6, 6.07) is 0. The quantitative estimate of drug-likeness (QED) is 0.513. The summed E-state index contributed by atoms with van der Waals surface area (Å²) in [5.41, 5.74) is 5.62. The van der Waals surface area contributed by atoms with Crippen LogP contribution < -0.4 is 5.43 Å². The van der Waals surface area contributed by atoms with Crippen LogP contribution in [0.25, 0.3) is 0 Å². The number of hydrogen-bond donors (Lipinski definition) is 1. The highest BCUT2D eigenvalue weighted by molar-refractivity contribution is 7.07. The molecule has 1 amide bonds. The number of nitrogens with one attached hydrogen (secondary N) is 1. The third kappa shape index (κ3) is 2.90. The summed E-state index contributed by atoms with van der Waals surface area (Å²) in [5, 5.41) is 5.40. The van der Waals surface area contributed by atoms with Gasteiger partial charge in [-0.2, -0.15) is 5.10 Å². The molecule has 0 unspecified atom stereocenters. The zero-order valence-electron chi connectivity index (χ0n) is 5.87. The third-order valence-corrected chi connectivity index (χ3v) is 1.38. The largest absolute Gasteiger partial charge is 0.274 e. The number of amides is 1. The Bertz CT molecular complexity index is 255. The van der Waals surface area contributed by atoms with E-state index < -0.39 is 0 Å². The zero-order chi connectivity index (χ0) is 8.10. The van der Waals surface area contributed by atoms with Crippen LogP contribution in [0.5, 0.6) is 0 Å². The normalized spacial score (nSPS) is 10.3. The fourth-order valence-electron chi connectivity index (χ4n) is 0.441. The Kier molecular flexibility index (Phi) is 2.74. The van der Waals surface area contributed by atoms with Gasteiger partial charge in [0.05, 0.1) is 11.9 Å².